The largest absolute Gasteiger partial charge is 0.496 e. The number of nitrogens with zero attached hydrogens (tertiary/aromatic N) is 1. The third-order valence-electron chi connectivity index (χ3n) is 3.73. The maximum atomic E-state index is 11.5. The summed E-state index contributed by atoms with van der Waals surface area (Å²) in [6, 6.07) is 6.37. The lowest BCUT2D eigenvalue weighted by Crippen LogP contribution is -2.44. The number of ether oxygens (including phenoxy) is 1. The van der Waals surface area contributed by atoms with E-state index < -0.39 is 10.0 Å². The first-order valence-electron chi connectivity index (χ1n) is 6.91. The summed E-state index contributed by atoms with van der Waals surface area (Å²) in [4.78, 5) is 0. The number of hydrogen-bond donors (Lipinski definition) is 1. The number of methoxy groups -OCH3 is 1. The number of piperidine rings is 1. The predicted molar refractivity (Wildman–Crippen MR) is 87.0 cm³/mol. The highest BCUT2D eigenvalue weighted by Gasteiger charge is 2.24. The Bertz CT molecular complexity index is 584. The second-order valence-electron chi connectivity index (χ2n) is 5.29. The maximum Gasteiger partial charge on any atom is 0.211 e. The molecular weight excluding hydrogens is 356 g/mol. The molecule has 0 aromatic heterocycles. The first kappa shape index (κ1) is 16.7. The Balaban J connectivity index is 1.84. The first-order chi connectivity index (χ1) is 9.90. The van der Waals surface area contributed by atoms with Gasteiger partial charge in [0.05, 0.1) is 17.8 Å². The highest BCUT2D eigenvalue weighted by molar-refractivity contribution is 9.10. The fraction of sp³-hybridized carbons (Fsp3) is 0.571. The molecule has 0 amide bonds. The van der Waals surface area contributed by atoms with Gasteiger partial charge in [0.1, 0.15) is 5.75 Å². The molecule has 1 N–H and O–H groups in total. The molecule has 1 aromatic carbocycles. The van der Waals surface area contributed by atoms with Gasteiger partial charge in [0.2, 0.25) is 10.0 Å². The van der Waals surface area contributed by atoms with Crippen molar-refractivity contribution in [2.75, 3.05) is 26.5 Å². The van der Waals surface area contributed by atoms with Gasteiger partial charge in [-0.05, 0) is 46.5 Å². The number of benzene rings is 1. The Morgan fingerprint density at radius 2 is 2.05 bits per heavy atom. The average Bonchev–Trinajstić information content (AvgIpc) is 2.45. The molecule has 0 unspecified atom stereocenters. The smallest absolute Gasteiger partial charge is 0.211 e. The van der Waals surface area contributed by atoms with Crippen molar-refractivity contribution in [2.24, 2.45) is 0 Å². The van der Waals surface area contributed by atoms with Crippen LogP contribution < -0.4 is 10.1 Å². The van der Waals surface area contributed by atoms with E-state index in [0.717, 1.165) is 29.6 Å². The van der Waals surface area contributed by atoms with Gasteiger partial charge in [-0.15, -0.1) is 0 Å². The van der Waals surface area contributed by atoms with E-state index in [1.807, 2.05) is 18.2 Å². The Morgan fingerprint density at radius 3 is 2.57 bits per heavy atom. The molecule has 21 heavy (non-hydrogen) atoms. The zero-order chi connectivity index (χ0) is 15.5. The van der Waals surface area contributed by atoms with Gasteiger partial charge in [0.25, 0.3) is 0 Å². The van der Waals surface area contributed by atoms with Crippen molar-refractivity contribution in [2.45, 2.75) is 25.4 Å². The average molecular weight is 377 g/mol. The standard InChI is InChI=1S/C14H21BrN2O3S/c1-20-14-4-3-11(9-13(14)15)10-16-12-5-7-17(8-6-12)21(2,18)19/h3-4,9,12,16H,5-8,10H2,1-2H3. The lowest BCUT2D eigenvalue weighted by molar-refractivity contribution is 0.290. The molecule has 1 fully saturated rings. The molecular formula is C14H21BrN2O3S. The van der Waals surface area contributed by atoms with Crippen LogP contribution in [0, 0.1) is 0 Å². The van der Waals surface area contributed by atoms with Crippen LogP contribution in [0.5, 0.6) is 5.75 Å². The predicted octanol–water partition coefficient (Wildman–Crippen LogP) is 1.97. The van der Waals surface area contributed by atoms with Gasteiger partial charge in [-0.3, -0.25) is 0 Å². The molecule has 1 saturated heterocycles. The minimum absolute atomic E-state index is 0.365. The van der Waals surface area contributed by atoms with Crippen molar-refractivity contribution in [3.05, 3.63) is 28.2 Å². The van der Waals surface area contributed by atoms with Crippen LogP contribution in [0.15, 0.2) is 22.7 Å². The Morgan fingerprint density at radius 1 is 1.38 bits per heavy atom. The molecule has 1 aromatic rings. The molecule has 0 bridgehead atoms. The number of halogens is 1. The lowest BCUT2D eigenvalue weighted by Gasteiger charge is -2.30. The quantitative estimate of drug-likeness (QED) is 0.853. The molecule has 0 atom stereocenters. The number of sulfonamides is 1. The highest BCUT2D eigenvalue weighted by Crippen LogP contribution is 2.25. The molecule has 0 radical (unpaired) electrons. The van der Waals surface area contributed by atoms with Crippen LogP contribution in [0.25, 0.3) is 0 Å². The molecule has 7 heteroatoms. The molecule has 2 rings (SSSR count). The van der Waals surface area contributed by atoms with Crippen molar-refractivity contribution < 1.29 is 13.2 Å². The van der Waals surface area contributed by atoms with Gasteiger partial charge in [0, 0.05) is 25.7 Å². The molecule has 5 nitrogen and oxygen atoms in total. The van der Waals surface area contributed by atoms with Crippen LogP contribution in [0.1, 0.15) is 18.4 Å². The van der Waals surface area contributed by atoms with Crippen LogP contribution in [0.3, 0.4) is 0 Å². The Kier molecular flexibility index (Phi) is 5.65. The summed E-state index contributed by atoms with van der Waals surface area (Å²) in [6.07, 6.45) is 2.98. The second-order valence-corrected chi connectivity index (χ2v) is 8.12. The van der Waals surface area contributed by atoms with Crippen LogP contribution in [0.4, 0.5) is 0 Å². The van der Waals surface area contributed by atoms with Gasteiger partial charge in [-0.25, -0.2) is 12.7 Å². The van der Waals surface area contributed by atoms with Crippen molar-refractivity contribution >= 4 is 26.0 Å². The molecule has 1 aliphatic heterocycles. The van der Waals surface area contributed by atoms with Crippen molar-refractivity contribution in [1.29, 1.82) is 0 Å². The van der Waals surface area contributed by atoms with Crippen LogP contribution >= 0.6 is 15.9 Å². The summed E-state index contributed by atoms with van der Waals surface area (Å²) in [7, 11) is -1.40. The van der Waals surface area contributed by atoms with Crippen molar-refractivity contribution in [1.82, 2.24) is 9.62 Å². The molecule has 0 spiro atoms. The van der Waals surface area contributed by atoms with Gasteiger partial charge < -0.3 is 10.1 Å². The van der Waals surface area contributed by atoms with E-state index in [0.29, 0.717) is 19.1 Å². The van der Waals surface area contributed by atoms with Gasteiger partial charge in [-0.2, -0.15) is 0 Å². The SMILES string of the molecule is COc1ccc(CNC2CCN(S(C)(=O)=O)CC2)cc1Br. The van der Waals surface area contributed by atoms with Crippen molar-refractivity contribution in [3.63, 3.8) is 0 Å². The molecule has 118 valence electrons. The third kappa shape index (κ3) is 4.67. The summed E-state index contributed by atoms with van der Waals surface area (Å²) >= 11 is 3.48. The summed E-state index contributed by atoms with van der Waals surface area (Å²) in [6.45, 7) is 1.97. The number of hydrogen-bond acceptors (Lipinski definition) is 4. The van der Waals surface area contributed by atoms with Gasteiger partial charge in [-0.1, -0.05) is 6.07 Å². The van der Waals surface area contributed by atoms with E-state index in [4.69, 9.17) is 4.74 Å². The lowest BCUT2D eigenvalue weighted by atomic mass is 10.1. The van der Waals surface area contributed by atoms with E-state index in [1.165, 1.54) is 11.8 Å². The van der Waals surface area contributed by atoms with E-state index >= 15 is 0 Å². The third-order valence-corrected chi connectivity index (χ3v) is 5.66. The van der Waals surface area contributed by atoms with E-state index in [9.17, 15) is 8.42 Å². The zero-order valence-corrected chi connectivity index (χ0v) is 14.7. The maximum absolute atomic E-state index is 11.5. The van der Waals surface area contributed by atoms with E-state index in [-0.39, 0.29) is 0 Å². The number of nitrogens with one attached hydrogen (secondary N) is 1. The number of rotatable bonds is 5. The van der Waals surface area contributed by atoms with Crippen LogP contribution in [-0.2, 0) is 16.6 Å². The topological polar surface area (TPSA) is 58.6 Å². The normalized spacial score (nSPS) is 17.9. The van der Waals surface area contributed by atoms with Crippen molar-refractivity contribution in [3.8, 4) is 5.75 Å². The highest BCUT2D eigenvalue weighted by atomic mass is 79.9. The summed E-state index contributed by atoms with van der Waals surface area (Å²) in [5, 5.41) is 3.49. The first-order valence-corrected chi connectivity index (χ1v) is 9.55. The fourth-order valence-corrected chi connectivity index (χ4v) is 3.94. The molecule has 1 heterocycles. The Hall–Kier alpha value is -0.630. The van der Waals surface area contributed by atoms with Gasteiger partial charge in [0.15, 0.2) is 0 Å². The minimum Gasteiger partial charge on any atom is -0.496 e. The fourth-order valence-electron chi connectivity index (χ4n) is 2.47. The minimum atomic E-state index is -3.04. The van der Waals surface area contributed by atoms with Crippen LogP contribution in [-0.4, -0.2) is 45.2 Å². The Labute approximate surface area is 134 Å². The van der Waals surface area contributed by atoms with E-state index in [2.05, 4.69) is 21.2 Å². The molecule has 0 saturated carbocycles. The monoisotopic (exact) mass is 376 g/mol. The molecule has 0 aliphatic carbocycles. The van der Waals surface area contributed by atoms with Gasteiger partial charge >= 0.3 is 0 Å². The summed E-state index contributed by atoms with van der Waals surface area (Å²) < 4.78 is 30.6. The van der Waals surface area contributed by atoms with Crippen LogP contribution in [0.2, 0.25) is 0 Å². The second kappa shape index (κ2) is 7.09. The zero-order valence-electron chi connectivity index (χ0n) is 12.3. The molecule has 1 aliphatic rings. The summed E-state index contributed by atoms with van der Waals surface area (Å²) in [5.41, 5.74) is 1.17. The summed E-state index contributed by atoms with van der Waals surface area (Å²) in [5.74, 6) is 0.820. The van der Waals surface area contributed by atoms with E-state index in [1.54, 1.807) is 11.4 Å².